The summed E-state index contributed by atoms with van der Waals surface area (Å²) < 4.78 is 0. The fourth-order valence-electron chi connectivity index (χ4n) is 1.97. The largest absolute Gasteiger partial charge is 0.294 e. The van der Waals surface area contributed by atoms with E-state index in [0.717, 1.165) is 37.0 Å². The van der Waals surface area contributed by atoms with Gasteiger partial charge in [-0.2, -0.15) is 0 Å². The SMILES string of the molecule is CCc1ccc(CC(=O)C2=CCCC2)nc1. The standard InChI is InChI=1S/C14H17NO/c1-2-11-7-8-13(15-10-11)9-14(16)12-5-3-4-6-12/h5,7-8,10H,2-4,6,9H2,1H3. The maximum Gasteiger partial charge on any atom is 0.164 e. The second-order valence-electron chi connectivity index (χ2n) is 4.23. The number of hydrogen-bond acceptors (Lipinski definition) is 2. The van der Waals surface area contributed by atoms with Crippen molar-refractivity contribution in [3.8, 4) is 0 Å². The molecule has 0 aliphatic heterocycles. The van der Waals surface area contributed by atoms with Crippen molar-refractivity contribution in [2.45, 2.75) is 39.0 Å². The molecule has 0 radical (unpaired) electrons. The Balaban J connectivity index is 2.00. The number of aromatic nitrogens is 1. The minimum Gasteiger partial charge on any atom is -0.294 e. The van der Waals surface area contributed by atoms with Crippen molar-refractivity contribution in [1.82, 2.24) is 4.98 Å². The highest BCUT2D eigenvalue weighted by Crippen LogP contribution is 2.19. The van der Waals surface area contributed by atoms with E-state index >= 15 is 0 Å². The van der Waals surface area contributed by atoms with E-state index in [-0.39, 0.29) is 5.78 Å². The van der Waals surface area contributed by atoms with Gasteiger partial charge >= 0.3 is 0 Å². The summed E-state index contributed by atoms with van der Waals surface area (Å²) in [6, 6.07) is 4.02. The second-order valence-corrected chi connectivity index (χ2v) is 4.23. The van der Waals surface area contributed by atoms with Gasteiger partial charge in [-0.05, 0) is 42.9 Å². The molecular weight excluding hydrogens is 198 g/mol. The van der Waals surface area contributed by atoms with Crippen molar-refractivity contribution in [2.75, 3.05) is 0 Å². The molecule has 1 aromatic heterocycles. The average molecular weight is 215 g/mol. The van der Waals surface area contributed by atoms with Gasteiger partial charge in [-0.25, -0.2) is 0 Å². The first kappa shape index (κ1) is 11.1. The third-order valence-electron chi connectivity index (χ3n) is 3.04. The Labute approximate surface area is 96.4 Å². The maximum absolute atomic E-state index is 11.9. The minimum atomic E-state index is 0.245. The lowest BCUT2D eigenvalue weighted by Gasteiger charge is -2.02. The van der Waals surface area contributed by atoms with Crippen LogP contribution in [0.4, 0.5) is 0 Å². The van der Waals surface area contributed by atoms with Crippen LogP contribution in [0.1, 0.15) is 37.4 Å². The van der Waals surface area contributed by atoms with E-state index in [4.69, 9.17) is 0 Å². The number of carbonyl (C=O) groups excluding carboxylic acids is 1. The summed E-state index contributed by atoms with van der Waals surface area (Å²) in [5, 5.41) is 0. The van der Waals surface area contributed by atoms with Gasteiger partial charge in [0.1, 0.15) is 0 Å². The monoisotopic (exact) mass is 215 g/mol. The van der Waals surface area contributed by atoms with Gasteiger partial charge in [0, 0.05) is 11.9 Å². The van der Waals surface area contributed by atoms with Gasteiger partial charge in [-0.15, -0.1) is 0 Å². The number of Topliss-reactive ketones (excluding diaryl/α,β-unsaturated/α-hetero) is 1. The highest BCUT2D eigenvalue weighted by molar-refractivity contribution is 5.96. The van der Waals surface area contributed by atoms with Crippen LogP contribution >= 0.6 is 0 Å². The Morgan fingerprint density at radius 1 is 1.44 bits per heavy atom. The first-order chi connectivity index (χ1) is 7.79. The number of allylic oxidation sites excluding steroid dienone is 2. The number of carbonyl (C=O) groups is 1. The molecule has 0 atom stereocenters. The van der Waals surface area contributed by atoms with Crippen molar-refractivity contribution in [2.24, 2.45) is 0 Å². The normalized spacial score (nSPS) is 14.9. The minimum absolute atomic E-state index is 0.245. The molecule has 84 valence electrons. The molecule has 0 bridgehead atoms. The first-order valence-electron chi connectivity index (χ1n) is 5.95. The Hall–Kier alpha value is -1.44. The Morgan fingerprint density at radius 2 is 2.31 bits per heavy atom. The van der Waals surface area contributed by atoms with E-state index in [0.29, 0.717) is 6.42 Å². The highest BCUT2D eigenvalue weighted by atomic mass is 16.1. The maximum atomic E-state index is 11.9. The summed E-state index contributed by atoms with van der Waals surface area (Å²) in [4.78, 5) is 16.2. The van der Waals surface area contributed by atoms with Gasteiger partial charge in [-0.3, -0.25) is 9.78 Å². The predicted molar refractivity (Wildman–Crippen MR) is 64.3 cm³/mol. The molecule has 0 amide bonds. The Bertz CT molecular complexity index is 403. The molecule has 1 aromatic rings. The van der Waals surface area contributed by atoms with Crippen LogP contribution < -0.4 is 0 Å². The molecule has 2 rings (SSSR count). The first-order valence-corrected chi connectivity index (χ1v) is 5.95. The summed E-state index contributed by atoms with van der Waals surface area (Å²) in [7, 11) is 0. The molecule has 0 saturated heterocycles. The molecule has 0 aromatic carbocycles. The average Bonchev–Trinajstić information content (AvgIpc) is 2.83. The van der Waals surface area contributed by atoms with Gasteiger partial charge in [-0.1, -0.05) is 19.1 Å². The molecule has 1 aliphatic rings. The third-order valence-corrected chi connectivity index (χ3v) is 3.04. The number of ketones is 1. The number of nitrogens with zero attached hydrogens (tertiary/aromatic N) is 1. The summed E-state index contributed by atoms with van der Waals surface area (Å²) >= 11 is 0. The Morgan fingerprint density at radius 3 is 2.88 bits per heavy atom. The molecule has 0 N–H and O–H groups in total. The van der Waals surface area contributed by atoms with Crippen molar-refractivity contribution in [3.05, 3.63) is 41.2 Å². The van der Waals surface area contributed by atoms with Crippen LogP contribution in [-0.2, 0) is 17.6 Å². The molecule has 2 nitrogen and oxygen atoms in total. The van der Waals surface area contributed by atoms with E-state index in [1.165, 1.54) is 5.56 Å². The number of rotatable bonds is 4. The highest BCUT2D eigenvalue weighted by Gasteiger charge is 2.13. The van der Waals surface area contributed by atoms with Crippen molar-refractivity contribution in [1.29, 1.82) is 0 Å². The van der Waals surface area contributed by atoms with Gasteiger partial charge in [0.2, 0.25) is 0 Å². The predicted octanol–water partition coefficient (Wildman–Crippen LogP) is 2.87. The molecule has 0 fully saturated rings. The van der Waals surface area contributed by atoms with Crippen LogP contribution in [0, 0.1) is 0 Å². The van der Waals surface area contributed by atoms with Gasteiger partial charge in [0.25, 0.3) is 0 Å². The zero-order valence-corrected chi connectivity index (χ0v) is 9.70. The van der Waals surface area contributed by atoms with Gasteiger partial charge < -0.3 is 0 Å². The van der Waals surface area contributed by atoms with Crippen LogP contribution in [0.5, 0.6) is 0 Å². The lowest BCUT2D eigenvalue weighted by Crippen LogP contribution is -2.06. The van der Waals surface area contributed by atoms with Crippen molar-refractivity contribution in [3.63, 3.8) is 0 Å². The molecule has 0 unspecified atom stereocenters. The zero-order chi connectivity index (χ0) is 11.4. The summed E-state index contributed by atoms with van der Waals surface area (Å²) in [5.41, 5.74) is 3.10. The molecule has 2 heteroatoms. The van der Waals surface area contributed by atoms with Crippen LogP contribution in [0.15, 0.2) is 30.0 Å². The fourth-order valence-corrected chi connectivity index (χ4v) is 1.97. The van der Waals surface area contributed by atoms with Crippen LogP contribution in [0.3, 0.4) is 0 Å². The fraction of sp³-hybridized carbons (Fsp3) is 0.429. The summed E-state index contributed by atoms with van der Waals surface area (Å²) in [6.07, 6.45) is 8.52. The van der Waals surface area contributed by atoms with Crippen molar-refractivity contribution >= 4 is 5.78 Å². The van der Waals surface area contributed by atoms with E-state index in [1.54, 1.807) is 0 Å². The molecule has 0 saturated carbocycles. The van der Waals surface area contributed by atoms with E-state index in [9.17, 15) is 4.79 Å². The van der Waals surface area contributed by atoms with Crippen LogP contribution in [0.25, 0.3) is 0 Å². The quantitative estimate of drug-likeness (QED) is 0.773. The molecule has 16 heavy (non-hydrogen) atoms. The van der Waals surface area contributed by atoms with Gasteiger partial charge in [0.15, 0.2) is 5.78 Å². The topological polar surface area (TPSA) is 30.0 Å². The van der Waals surface area contributed by atoms with Crippen LogP contribution in [0.2, 0.25) is 0 Å². The molecule has 1 aliphatic carbocycles. The third kappa shape index (κ3) is 2.57. The summed E-state index contributed by atoms with van der Waals surface area (Å²) in [6.45, 7) is 2.10. The number of pyridine rings is 1. The lowest BCUT2D eigenvalue weighted by atomic mass is 10.1. The van der Waals surface area contributed by atoms with E-state index in [2.05, 4.69) is 24.1 Å². The van der Waals surface area contributed by atoms with E-state index in [1.807, 2.05) is 12.3 Å². The zero-order valence-electron chi connectivity index (χ0n) is 9.70. The Kier molecular flexibility index (Phi) is 3.50. The summed E-state index contributed by atoms with van der Waals surface area (Å²) in [5.74, 6) is 0.245. The molecular formula is C14H17NO. The van der Waals surface area contributed by atoms with Crippen molar-refractivity contribution < 1.29 is 4.79 Å². The van der Waals surface area contributed by atoms with E-state index < -0.39 is 0 Å². The van der Waals surface area contributed by atoms with Crippen LogP contribution in [-0.4, -0.2) is 10.8 Å². The number of aryl methyl sites for hydroxylation is 1. The lowest BCUT2D eigenvalue weighted by molar-refractivity contribution is -0.115. The smallest absolute Gasteiger partial charge is 0.164 e. The molecule has 1 heterocycles. The second kappa shape index (κ2) is 5.06. The van der Waals surface area contributed by atoms with Gasteiger partial charge in [0.05, 0.1) is 6.42 Å². The number of hydrogen-bond donors (Lipinski definition) is 0. The molecule has 0 spiro atoms.